The summed E-state index contributed by atoms with van der Waals surface area (Å²) in [5.74, 6) is 0.533. The number of carbonyl (C=O) groups is 1. The van der Waals surface area contributed by atoms with Gasteiger partial charge in [0.1, 0.15) is 0 Å². The van der Waals surface area contributed by atoms with Crippen LogP contribution in [0, 0.1) is 12.8 Å². The maximum atomic E-state index is 13.8. The van der Waals surface area contributed by atoms with Gasteiger partial charge in [-0.05, 0) is 68.0 Å². The third kappa shape index (κ3) is 3.72. The molecule has 3 aliphatic rings. The second kappa shape index (κ2) is 8.80. The number of methoxy groups -OCH3 is 3. The molecular formula is C26H31NO7S. The van der Waals surface area contributed by atoms with Crippen LogP contribution in [0.1, 0.15) is 36.0 Å². The van der Waals surface area contributed by atoms with Gasteiger partial charge in [-0.15, -0.1) is 0 Å². The van der Waals surface area contributed by atoms with E-state index in [0.717, 1.165) is 23.1 Å². The van der Waals surface area contributed by atoms with Crippen molar-refractivity contribution >= 4 is 16.0 Å². The zero-order valence-corrected chi connectivity index (χ0v) is 21.3. The monoisotopic (exact) mass is 501 g/mol. The lowest BCUT2D eigenvalue weighted by atomic mass is 9.65. The lowest BCUT2D eigenvalue weighted by molar-refractivity contribution is -0.136. The molecule has 1 saturated heterocycles. The first-order chi connectivity index (χ1) is 16.7. The van der Waals surface area contributed by atoms with Gasteiger partial charge in [0.2, 0.25) is 0 Å². The maximum Gasteiger partial charge on any atom is 0.297 e. The van der Waals surface area contributed by atoms with E-state index in [-0.39, 0.29) is 16.9 Å². The highest BCUT2D eigenvalue weighted by Gasteiger charge is 2.64. The Labute approximate surface area is 206 Å². The number of hydrogen-bond acceptors (Lipinski definition) is 7. The summed E-state index contributed by atoms with van der Waals surface area (Å²) < 4.78 is 49.0. The van der Waals surface area contributed by atoms with Gasteiger partial charge in [-0.2, -0.15) is 8.42 Å². The van der Waals surface area contributed by atoms with Crippen molar-refractivity contribution in [3.8, 4) is 11.5 Å². The van der Waals surface area contributed by atoms with Gasteiger partial charge in [0, 0.05) is 19.6 Å². The average molecular weight is 502 g/mol. The number of hydrogen-bond donors (Lipinski definition) is 0. The number of ether oxygens (including phenoxy) is 3. The smallest absolute Gasteiger partial charge is 0.297 e. The average Bonchev–Trinajstić information content (AvgIpc) is 3.10. The van der Waals surface area contributed by atoms with Crippen LogP contribution in [-0.2, 0) is 35.8 Å². The fraction of sp³-hybridized carbons (Fsp3) is 0.500. The summed E-state index contributed by atoms with van der Waals surface area (Å²) in [6.45, 7) is 2.37. The van der Waals surface area contributed by atoms with Crippen molar-refractivity contribution in [1.29, 1.82) is 0 Å². The van der Waals surface area contributed by atoms with Crippen LogP contribution < -0.4 is 9.47 Å². The lowest BCUT2D eigenvalue weighted by Gasteiger charge is -2.50. The molecule has 5 rings (SSSR count). The Morgan fingerprint density at radius 1 is 1.03 bits per heavy atom. The number of carbonyl (C=O) groups excluding carboxylic acids is 1. The minimum atomic E-state index is -4.15. The Hall–Kier alpha value is -2.62. The van der Waals surface area contributed by atoms with Crippen molar-refractivity contribution in [2.45, 2.75) is 55.2 Å². The van der Waals surface area contributed by atoms with E-state index in [4.69, 9.17) is 18.4 Å². The fourth-order valence-electron chi connectivity index (χ4n) is 6.17. The summed E-state index contributed by atoms with van der Waals surface area (Å²) in [6, 6.07) is 10.4. The van der Waals surface area contributed by atoms with E-state index in [0.29, 0.717) is 37.3 Å². The van der Waals surface area contributed by atoms with E-state index in [1.165, 1.54) is 12.1 Å². The van der Waals surface area contributed by atoms with E-state index in [9.17, 15) is 13.2 Å². The Morgan fingerprint density at radius 3 is 2.37 bits per heavy atom. The molecule has 0 unspecified atom stereocenters. The van der Waals surface area contributed by atoms with E-state index in [2.05, 4.69) is 0 Å². The van der Waals surface area contributed by atoms with Crippen LogP contribution in [0.15, 0.2) is 41.3 Å². The Bertz CT molecular complexity index is 1240. The van der Waals surface area contributed by atoms with E-state index in [1.807, 2.05) is 24.0 Å². The molecule has 4 atom stereocenters. The molecule has 0 N–H and O–H groups in total. The highest BCUT2D eigenvalue weighted by Crippen LogP contribution is 2.57. The lowest BCUT2D eigenvalue weighted by Crippen LogP contribution is -2.53. The third-order valence-corrected chi connectivity index (χ3v) is 9.20. The van der Waals surface area contributed by atoms with Gasteiger partial charge in [0.05, 0.1) is 30.8 Å². The largest absolute Gasteiger partial charge is 0.493 e. The van der Waals surface area contributed by atoms with Gasteiger partial charge in [-0.25, -0.2) is 0 Å². The van der Waals surface area contributed by atoms with Crippen LogP contribution in [0.5, 0.6) is 11.5 Å². The maximum absolute atomic E-state index is 13.8. The molecule has 2 aromatic carbocycles. The van der Waals surface area contributed by atoms with E-state index >= 15 is 0 Å². The highest BCUT2D eigenvalue weighted by atomic mass is 32.2. The SMILES string of the molecule is COc1cc2c(cc1OC)[C@]13CC[C@H](OC)C[C@H]1[C@@H](OS(=O)(=O)c1ccc(C)cc1)C(=O)N3CC2. The summed E-state index contributed by atoms with van der Waals surface area (Å²) in [7, 11) is 0.689. The molecule has 1 aliphatic carbocycles. The number of benzene rings is 2. The number of nitrogens with zero attached hydrogens (tertiary/aromatic N) is 1. The molecule has 0 aromatic heterocycles. The molecule has 2 heterocycles. The Balaban J connectivity index is 1.61. The molecule has 2 aromatic rings. The van der Waals surface area contributed by atoms with Gasteiger partial charge in [0.15, 0.2) is 17.6 Å². The molecule has 0 bridgehead atoms. The molecule has 1 amide bonds. The first-order valence-corrected chi connectivity index (χ1v) is 13.3. The quantitative estimate of drug-likeness (QED) is 0.562. The van der Waals surface area contributed by atoms with Gasteiger partial charge >= 0.3 is 0 Å². The topological polar surface area (TPSA) is 91.4 Å². The normalized spacial score (nSPS) is 27.7. The van der Waals surface area contributed by atoms with Crippen LogP contribution in [0.25, 0.3) is 0 Å². The van der Waals surface area contributed by atoms with Crippen molar-refractivity contribution in [2.24, 2.45) is 5.92 Å². The summed E-state index contributed by atoms with van der Waals surface area (Å²) >= 11 is 0. The van der Waals surface area contributed by atoms with Crippen LogP contribution in [0.4, 0.5) is 0 Å². The summed E-state index contributed by atoms with van der Waals surface area (Å²) in [5.41, 5.74) is 2.31. The van der Waals surface area contributed by atoms with E-state index in [1.54, 1.807) is 33.5 Å². The van der Waals surface area contributed by atoms with Crippen LogP contribution in [0.2, 0.25) is 0 Å². The molecule has 188 valence electrons. The van der Waals surface area contributed by atoms with Gasteiger partial charge in [-0.3, -0.25) is 8.98 Å². The molecule has 1 spiro atoms. The second-order valence-electron chi connectivity index (χ2n) is 9.55. The zero-order valence-electron chi connectivity index (χ0n) is 20.4. The fourth-order valence-corrected chi connectivity index (χ4v) is 7.24. The summed E-state index contributed by atoms with van der Waals surface area (Å²) in [5, 5.41) is 0. The van der Waals surface area contributed by atoms with Crippen LogP contribution in [-0.4, -0.2) is 59.3 Å². The third-order valence-electron chi connectivity index (χ3n) is 7.89. The van der Waals surface area contributed by atoms with Crippen LogP contribution >= 0.6 is 0 Å². The molecular weight excluding hydrogens is 470 g/mol. The second-order valence-corrected chi connectivity index (χ2v) is 11.1. The zero-order chi connectivity index (χ0) is 25.0. The summed E-state index contributed by atoms with van der Waals surface area (Å²) in [6.07, 6.45) is 1.34. The molecule has 0 radical (unpaired) electrons. The minimum absolute atomic E-state index is 0.0423. The molecule has 9 heteroatoms. The molecule has 35 heavy (non-hydrogen) atoms. The number of amides is 1. The first kappa shape index (κ1) is 24.1. The minimum Gasteiger partial charge on any atom is -0.493 e. The van der Waals surface area contributed by atoms with Crippen molar-refractivity contribution < 1.29 is 31.6 Å². The van der Waals surface area contributed by atoms with Crippen molar-refractivity contribution in [1.82, 2.24) is 4.90 Å². The van der Waals surface area contributed by atoms with Crippen LogP contribution in [0.3, 0.4) is 0 Å². The molecule has 2 fully saturated rings. The van der Waals surface area contributed by atoms with E-state index < -0.39 is 27.7 Å². The number of aryl methyl sites for hydroxylation is 1. The van der Waals surface area contributed by atoms with Crippen molar-refractivity contribution in [3.05, 3.63) is 53.1 Å². The molecule has 2 aliphatic heterocycles. The Kier molecular flexibility index (Phi) is 6.05. The predicted octanol–water partition coefficient (Wildman–Crippen LogP) is 3.20. The van der Waals surface area contributed by atoms with Crippen molar-refractivity contribution in [2.75, 3.05) is 27.9 Å². The molecule has 1 saturated carbocycles. The van der Waals surface area contributed by atoms with Crippen molar-refractivity contribution in [3.63, 3.8) is 0 Å². The number of rotatable bonds is 6. The van der Waals surface area contributed by atoms with Gasteiger partial charge < -0.3 is 19.1 Å². The Morgan fingerprint density at radius 2 is 1.71 bits per heavy atom. The van der Waals surface area contributed by atoms with Gasteiger partial charge in [-0.1, -0.05) is 17.7 Å². The summed E-state index contributed by atoms with van der Waals surface area (Å²) in [4.78, 5) is 15.7. The predicted molar refractivity (Wildman–Crippen MR) is 128 cm³/mol. The number of fused-ring (bicyclic) bond motifs is 1. The standard InChI is InChI=1S/C26H31NO7S/c1-16-5-7-19(8-6-16)35(29,30)34-24-21-14-18(31-2)9-11-26(21)20-15-23(33-4)22(32-3)13-17(20)10-12-27(26)25(24)28/h5-8,13,15,18,21,24H,9-12,14H2,1-4H3/t18-,21-,24+,26+/m0/s1. The highest BCUT2D eigenvalue weighted by molar-refractivity contribution is 7.86. The molecule has 8 nitrogen and oxygen atoms in total. The van der Waals surface area contributed by atoms with Gasteiger partial charge in [0.25, 0.3) is 16.0 Å². The first-order valence-electron chi connectivity index (χ1n) is 11.8.